The van der Waals surface area contributed by atoms with Gasteiger partial charge in [-0.1, -0.05) is 40.5 Å². The van der Waals surface area contributed by atoms with Gasteiger partial charge in [0.1, 0.15) is 0 Å². The molecule has 0 radical (unpaired) electrons. The highest BCUT2D eigenvalue weighted by atomic mass is 79.9. The van der Waals surface area contributed by atoms with Gasteiger partial charge in [-0.15, -0.1) is 0 Å². The highest BCUT2D eigenvalue weighted by Crippen LogP contribution is 2.45. The van der Waals surface area contributed by atoms with Gasteiger partial charge in [0, 0.05) is 46.5 Å². The Morgan fingerprint density at radius 1 is 0.975 bits per heavy atom. The van der Waals surface area contributed by atoms with E-state index < -0.39 is 0 Å². The average molecular weight is 635 g/mol. The molecule has 206 valence electrons. The number of thiocarbonyl (C=S) groups is 1. The van der Waals surface area contributed by atoms with Gasteiger partial charge in [0.15, 0.2) is 5.11 Å². The third-order valence-electron chi connectivity index (χ3n) is 8.31. The Bertz CT molecular complexity index is 1530. The molecule has 4 aromatic rings. The standard InChI is InChI=1S/C32H33BrClN5S/c1-20-13-16-37(17-14-20)29-12-11-25(19-27(29)34)39-31(30(36-32(39)40)28-6-4-5-15-35-28)26-18-21(2)38(22(26)3)24-9-7-23(33)8-10-24/h4-12,15,18-20,30-31H,13-14,16-17H2,1-3H3,(H,36,40). The van der Waals surface area contributed by atoms with Crippen molar-refractivity contribution in [2.24, 2.45) is 5.92 Å². The quantitative estimate of drug-likeness (QED) is 0.224. The Balaban J connectivity index is 1.43. The summed E-state index contributed by atoms with van der Waals surface area (Å²) in [4.78, 5) is 9.36. The number of anilines is 2. The second-order valence-corrected chi connectivity index (χ2v) is 12.6. The van der Waals surface area contributed by atoms with Crippen molar-refractivity contribution in [3.8, 4) is 5.69 Å². The van der Waals surface area contributed by atoms with Crippen LogP contribution in [0.4, 0.5) is 11.4 Å². The number of piperidine rings is 1. The van der Waals surface area contributed by atoms with Gasteiger partial charge in [0.2, 0.25) is 0 Å². The minimum atomic E-state index is -0.116. The van der Waals surface area contributed by atoms with E-state index in [0.29, 0.717) is 5.11 Å². The molecule has 2 saturated heterocycles. The van der Waals surface area contributed by atoms with E-state index in [1.807, 2.05) is 18.3 Å². The summed E-state index contributed by atoms with van der Waals surface area (Å²) in [6.45, 7) is 8.75. The fourth-order valence-corrected chi connectivity index (χ4v) is 7.08. The molecule has 5 nitrogen and oxygen atoms in total. The Labute approximate surface area is 255 Å². The van der Waals surface area contributed by atoms with E-state index in [4.69, 9.17) is 28.8 Å². The molecule has 8 heteroatoms. The smallest absolute Gasteiger partial charge is 0.174 e. The van der Waals surface area contributed by atoms with Crippen molar-refractivity contribution in [2.75, 3.05) is 22.9 Å². The lowest BCUT2D eigenvalue weighted by Crippen LogP contribution is -2.33. The minimum Gasteiger partial charge on any atom is -0.370 e. The first kappa shape index (κ1) is 27.3. The molecule has 2 fully saturated rings. The van der Waals surface area contributed by atoms with Crippen molar-refractivity contribution < 1.29 is 0 Å². The first-order valence-corrected chi connectivity index (χ1v) is 15.4. The molecule has 2 atom stereocenters. The number of halogens is 2. The van der Waals surface area contributed by atoms with Crippen LogP contribution < -0.4 is 15.1 Å². The normalized spacial score (nSPS) is 19.8. The third-order valence-corrected chi connectivity index (χ3v) is 9.45. The van der Waals surface area contributed by atoms with E-state index in [1.165, 1.54) is 29.8 Å². The van der Waals surface area contributed by atoms with Crippen LogP contribution in [0.3, 0.4) is 0 Å². The molecular formula is C32H33BrClN5S. The lowest BCUT2D eigenvalue weighted by atomic mass is 9.96. The monoisotopic (exact) mass is 633 g/mol. The summed E-state index contributed by atoms with van der Waals surface area (Å²) >= 11 is 16.5. The maximum Gasteiger partial charge on any atom is 0.174 e. The van der Waals surface area contributed by atoms with E-state index >= 15 is 0 Å². The van der Waals surface area contributed by atoms with Gasteiger partial charge in [0.05, 0.1) is 28.5 Å². The van der Waals surface area contributed by atoms with E-state index in [9.17, 15) is 0 Å². The summed E-state index contributed by atoms with van der Waals surface area (Å²) in [5.41, 5.74) is 7.70. The molecule has 0 bridgehead atoms. The highest BCUT2D eigenvalue weighted by Gasteiger charge is 2.42. The Morgan fingerprint density at radius 2 is 1.70 bits per heavy atom. The van der Waals surface area contributed by atoms with E-state index in [0.717, 1.165) is 51.3 Å². The maximum absolute atomic E-state index is 6.97. The first-order valence-electron chi connectivity index (χ1n) is 13.8. The zero-order chi connectivity index (χ0) is 28.0. The molecule has 2 aromatic heterocycles. The fraction of sp³-hybridized carbons (Fsp3) is 0.312. The number of nitrogens with zero attached hydrogens (tertiary/aromatic N) is 4. The third kappa shape index (κ3) is 5.04. The second-order valence-electron chi connectivity index (χ2n) is 10.9. The summed E-state index contributed by atoms with van der Waals surface area (Å²) in [6, 6.07) is 22.9. The van der Waals surface area contributed by atoms with Crippen LogP contribution >= 0.6 is 39.7 Å². The first-order chi connectivity index (χ1) is 19.3. The number of nitrogens with one attached hydrogen (secondary N) is 1. The van der Waals surface area contributed by atoms with Gasteiger partial charge in [-0.3, -0.25) is 4.98 Å². The van der Waals surface area contributed by atoms with Crippen LogP contribution in [0.15, 0.2) is 77.4 Å². The molecule has 1 N–H and O–H groups in total. The van der Waals surface area contributed by atoms with Crippen LogP contribution in [-0.4, -0.2) is 27.8 Å². The van der Waals surface area contributed by atoms with Crippen molar-refractivity contribution in [1.82, 2.24) is 14.9 Å². The molecule has 0 aliphatic carbocycles. The number of hydrogen-bond acceptors (Lipinski definition) is 3. The van der Waals surface area contributed by atoms with Crippen LogP contribution in [-0.2, 0) is 0 Å². The number of rotatable bonds is 5. The lowest BCUT2D eigenvalue weighted by molar-refractivity contribution is 0.438. The molecule has 2 aliphatic heterocycles. The van der Waals surface area contributed by atoms with Gasteiger partial charge in [-0.25, -0.2) is 0 Å². The van der Waals surface area contributed by atoms with Crippen LogP contribution in [0.25, 0.3) is 5.69 Å². The predicted octanol–water partition coefficient (Wildman–Crippen LogP) is 8.32. The summed E-state index contributed by atoms with van der Waals surface area (Å²) in [6.07, 6.45) is 4.23. The van der Waals surface area contributed by atoms with Gasteiger partial charge in [-0.05, 0) is 111 Å². The molecule has 2 aromatic carbocycles. The van der Waals surface area contributed by atoms with Crippen LogP contribution in [0, 0.1) is 19.8 Å². The lowest BCUT2D eigenvalue weighted by Gasteiger charge is -2.33. The minimum absolute atomic E-state index is 0.101. The van der Waals surface area contributed by atoms with E-state index in [-0.39, 0.29) is 12.1 Å². The summed E-state index contributed by atoms with van der Waals surface area (Å²) in [5, 5.41) is 5.03. The van der Waals surface area contributed by atoms with E-state index in [1.54, 1.807) is 0 Å². The van der Waals surface area contributed by atoms with E-state index in [2.05, 4.69) is 111 Å². The van der Waals surface area contributed by atoms with Gasteiger partial charge >= 0.3 is 0 Å². The fourth-order valence-electron chi connectivity index (χ4n) is 6.18. The number of benzene rings is 2. The number of aromatic nitrogens is 2. The van der Waals surface area contributed by atoms with Crippen molar-refractivity contribution in [3.63, 3.8) is 0 Å². The maximum atomic E-state index is 6.97. The molecule has 2 aliphatic rings. The molecule has 0 amide bonds. The SMILES string of the molecule is Cc1cc(C2C(c3ccccn3)NC(=S)N2c2ccc(N3CCC(C)CC3)c(Cl)c2)c(C)n1-c1ccc(Br)cc1. The molecule has 0 saturated carbocycles. The molecular weight excluding hydrogens is 602 g/mol. The zero-order valence-corrected chi connectivity index (χ0v) is 26.1. The van der Waals surface area contributed by atoms with Crippen LogP contribution in [0.1, 0.15) is 54.5 Å². The number of hydrogen-bond donors (Lipinski definition) is 1. The Kier molecular flexibility index (Phi) is 7.64. The molecule has 40 heavy (non-hydrogen) atoms. The van der Waals surface area contributed by atoms with Crippen molar-refractivity contribution in [1.29, 1.82) is 0 Å². The molecule has 0 spiro atoms. The van der Waals surface area contributed by atoms with Crippen molar-refractivity contribution in [2.45, 2.75) is 45.7 Å². The predicted molar refractivity (Wildman–Crippen MR) is 173 cm³/mol. The highest BCUT2D eigenvalue weighted by molar-refractivity contribution is 9.10. The molecule has 6 rings (SSSR count). The summed E-state index contributed by atoms with van der Waals surface area (Å²) < 4.78 is 3.37. The topological polar surface area (TPSA) is 36.3 Å². The largest absolute Gasteiger partial charge is 0.370 e. The van der Waals surface area contributed by atoms with Crippen molar-refractivity contribution >= 4 is 56.2 Å². The second kappa shape index (κ2) is 11.2. The Hall–Kier alpha value is -2.87. The van der Waals surface area contributed by atoms with Gasteiger partial charge in [-0.2, -0.15) is 0 Å². The van der Waals surface area contributed by atoms with Crippen molar-refractivity contribution in [3.05, 3.63) is 105 Å². The number of pyridine rings is 1. The number of aryl methyl sites for hydroxylation is 1. The van der Waals surface area contributed by atoms with Crippen LogP contribution in [0.5, 0.6) is 0 Å². The summed E-state index contributed by atoms with van der Waals surface area (Å²) in [7, 11) is 0. The zero-order valence-electron chi connectivity index (χ0n) is 22.9. The molecule has 2 unspecified atom stereocenters. The molecule has 4 heterocycles. The van der Waals surface area contributed by atoms with Gasteiger partial charge < -0.3 is 19.7 Å². The van der Waals surface area contributed by atoms with Gasteiger partial charge in [0.25, 0.3) is 0 Å². The average Bonchev–Trinajstić information content (AvgIpc) is 3.45. The Morgan fingerprint density at radius 3 is 2.38 bits per heavy atom. The summed E-state index contributed by atoms with van der Waals surface area (Å²) in [5.74, 6) is 0.767. The van der Waals surface area contributed by atoms with Crippen LogP contribution in [0.2, 0.25) is 5.02 Å².